The van der Waals surface area contributed by atoms with Gasteiger partial charge in [0.15, 0.2) is 17.2 Å². The average molecular weight is 622 g/mol. The van der Waals surface area contributed by atoms with E-state index in [9.17, 15) is 5.11 Å². The van der Waals surface area contributed by atoms with E-state index in [-0.39, 0.29) is 29.8 Å². The number of hydrogen-bond acceptors (Lipinski definition) is 3. The van der Waals surface area contributed by atoms with Gasteiger partial charge in [-0.3, -0.25) is 0 Å². The molecule has 0 saturated carbocycles. The van der Waals surface area contributed by atoms with Gasteiger partial charge in [0, 0.05) is 42.0 Å². The number of methoxy groups -OCH3 is 2. The van der Waals surface area contributed by atoms with Crippen molar-refractivity contribution in [1.29, 1.82) is 0 Å². The van der Waals surface area contributed by atoms with Gasteiger partial charge < -0.3 is 14.6 Å². The zero-order valence-electron chi connectivity index (χ0n) is 25.2. The van der Waals surface area contributed by atoms with Crippen LogP contribution >= 0.6 is 15.8 Å². The Morgan fingerprint density at radius 3 is 1.50 bits per heavy atom. The van der Waals surface area contributed by atoms with Crippen molar-refractivity contribution in [3.05, 3.63) is 108 Å². The minimum Gasteiger partial charge on any atom is -0.504 e. The van der Waals surface area contributed by atoms with Crippen molar-refractivity contribution in [1.82, 2.24) is 0 Å². The molecule has 0 saturated heterocycles. The molecular weight excluding hydrogens is 577 g/mol. The number of hydrogen-bond donors (Lipinski definition) is 1. The third kappa shape index (κ3) is 10.6. The summed E-state index contributed by atoms with van der Waals surface area (Å²) in [7, 11) is 1.91. The Morgan fingerprint density at radius 1 is 0.700 bits per heavy atom. The third-order valence-corrected chi connectivity index (χ3v) is 8.51. The van der Waals surface area contributed by atoms with Gasteiger partial charge in [-0.25, -0.2) is 0 Å². The molecule has 6 heteroatoms. The van der Waals surface area contributed by atoms with E-state index in [2.05, 4.69) is 78.0 Å². The van der Waals surface area contributed by atoms with Crippen LogP contribution in [-0.2, 0) is 21.9 Å². The summed E-state index contributed by atoms with van der Waals surface area (Å²) in [6.45, 7) is 15.3. The summed E-state index contributed by atoms with van der Waals surface area (Å²) < 4.78 is 11.4. The maximum atomic E-state index is 11.4. The SMILES string of the molecule is COc1ccccc1[PH+](c1ccccc1OC)c1cc(C)cc(C(C)(C)C)c1O.C[PH+](C)C.[Ni].[c-]1ccccc1. The number of phenolic OH excluding ortho intramolecular Hbond substituents is 1. The van der Waals surface area contributed by atoms with Crippen molar-refractivity contribution in [2.45, 2.75) is 33.1 Å². The summed E-state index contributed by atoms with van der Waals surface area (Å²) in [6, 6.07) is 32.8. The van der Waals surface area contributed by atoms with Crippen LogP contribution in [0.1, 0.15) is 31.9 Å². The van der Waals surface area contributed by atoms with E-state index in [1.165, 1.54) is 0 Å². The van der Waals surface area contributed by atoms with E-state index < -0.39 is 7.92 Å². The zero-order valence-corrected chi connectivity index (χ0v) is 28.2. The van der Waals surface area contributed by atoms with Gasteiger partial charge in [-0.2, -0.15) is 36.4 Å². The molecule has 0 amide bonds. The molecule has 0 aliphatic rings. The smallest absolute Gasteiger partial charge is 0.162 e. The minimum absolute atomic E-state index is 0. The molecule has 0 unspecified atom stereocenters. The molecule has 218 valence electrons. The van der Waals surface area contributed by atoms with Crippen LogP contribution in [0.4, 0.5) is 0 Å². The Labute approximate surface area is 254 Å². The van der Waals surface area contributed by atoms with E-state index in [0.29, 0.717) is 5.75 Å². The molecule has 3 nitrogen and oxygen atoms in total. The first-order valence-corrected chi connectivity index (χ1v) is 17.7. The fourth-order valence-corrected chi connectivity index (χ4v) is 7.02. The van der Waals surface area contributed by atoms with Crippen molar-refractivity contribution in [3.63, 3.8) is 0 Å². The minimum atomic E-state index is -1.59. The topological polar surface area (TPSA) is 38.7 Å². The summed E-state index contributed by atoms with van der Waals surface area (Å²) in [4.78, 5) is 0. The largest absolute Gasteiger partial charge is 0.504 e. The predicted octanol–water partition coefficient (Wildman–Crippen LogP) is 7.08. The van der Waals surface area contributed by atoms with E-state index >= 15 is 0 Å². The van der Waals surface area contributed by atoms with Gasteiger partial charge in [-0.05, 0) is 56.2 Å². The van der Waals surface area contributed by atoms with Crippen LogP contribution in [0.5, 0.6) is 17.2 Å². The van der Waals surface area contributed by atoms with Crippen LogP contribution in [0.15, 0.2) is 91.0 Å². The average Bonchev–Trinajstić information content (AvgIpc) is 2.91. The molecule has 1 N–H and O–H groups in total. The van der Waals surface area contributed by atoms with Crippen molar-refractivity contribution in [2.24, 2.45) is 0 Å². The Balaban J connectivity index is 0.000000616. The second-order valence-corrected chi connectivity index (χ2v) is 16.2. The number of benzene rings is 4. The van der Waals surface area contributed by atoms with Crippen LogP contribution in [-0.4, -0.2) is 39.3 Å². The van der Waals surface area contributed by atoms with Gasteiger partial charge in [0.05, 0.1) is 14.2 Å². The van der Waals surface area contributed by atoms with Crippen LogP contribution < -0.4 is 25.4 Å². The molecule has 0 fully saturated rings. The molecule has 4 aromatic carbocycles. The molecular formula is C34H45NiO3P2+. The van der Waals surface area contributed by atoms with Gasteiger partial charge in [0.2, 0.25) is 0 Å². The Hall–Kier alpha value is -2.37. The summed E-state index contributed by atoms with van der Waals surface area (Å²) in [6.07, 6.45) is 0. The number of aryl methyl sites for hydroxylation is 1. The van der Waals surface area contributed by atoms with Crippen molar-refractivity contribution < 1.29 is 31.1 Å². The quantitative estimate of drug-likeness (QED) is 0.147. The fraction of sp³-hybridized carbons (Fsp3) is 0.294. The molecule has 0 atom stereocenters. The molecule has 0 bridgehead atoms. The third-order valence-electron chi connectivity index (χ3n) is 5.69. The monoisotopic (exact) mass is 621 g/mol. The normalized spacial score (nSPS) is 10.5. The standard InChI is InChI=1S/C25H29O3P.C6H5.C3H9P.Ni/c1-17-15-18(25(2,3)4)24(26)23(16-17)29(21-13-9-7-11-19(21)27-5)22-14-10-8-12-20(22)28-6;1-2-4-6-5-3-1;1-4(2)3;/h7-16,26H,1-6H3;1-5H;1-3H3;/q;-1;;/p+2. The summed E-state index contributed by atoms with van der Waals surface area (Å²) in [5.74, 6) is 2.02. The van der Waals surface area contributed by atoms with Crippen LogP contribution in [0.25, 0.3) is 0 Å². The van der Waals surface area contributed by atoms with Crippen LogP contribution in [0.2, 0.25) is 0 Å². The fourth-order valence-electron chi connectivity index (χ4n) is 4.02. The Morgan fingerprint density at radius 2 is 1.15 bits per heavy atom. The number of ether oxygens (including phenoxy) is 2. The number of para-hydroxylation sites is 2. The number of aromatic hydroxyl groups is 1. The Kier molecular flexibility index (Phi) is 15.6. The van der Waals surface area contributed by atoms with Gasteiger partial charge >= 0.3 is 0 Å². The maximum Gasteiger partial charge on any atom is 0.162 e. The molecule has 4 rings (SSSR count). The summed E-state index contributed by atoms with van der Waals surface area (Å²) in [5, 5.41) is 14.5. The van der Waals surface area contributed by atoms with E-state index in [1.54, 1.807) is 14.2 Å². The molecule has 0 aliphatic carbocycles. The molecule has 4 aromatic rings. The second-order valence-electron chi connectivity index (χ2n) is 10.8. The van der Waals surface area contributed by atoms with Gasteiger partial charge in [-0.1, -0.05) is 51.1 Å². The van der Waals surface area contributed by atoms with Gasteiger partial charge in [0.25, 0.3) is 0 Å². The zero-order chi connectivity index (χ0) is 29.0. The first-order valence-electron chi connectivity index (χ1n) is 13.2. The predicted molar refractivity (Wildman–Crippen MR) is 176 cm³/mol. The molecule has 0 radical (unpaired) electrons. The summed E-state index contributed by atoms with van der Waals surface area (Å²) >= 11 is 0. The summed E-state index contributed by atoms with van der Waals surface area (Å²) in [5.41, 5.74) is 1.93. The van der Waals surface area contributed by atoms with Crippen LogP contribution in [0.3, 0.4) is 0 Å². The molecule has 0 heterocycles. The molecule has 0 spiro atoms. The van der Waals surface area contributed by atoms with Crippen molar-refractivity contribution in [3.8, 4) is 17.2 Å². The van der Waals surface area contributed by atoms with Crippen LogP contribution in [0, 0.1) is 13.0 Å². The first-order chi connectivity index (χ1) is 18.5. The Bertz CT molecular complexity index is 1210. The van der Waals surface area contributed by atoms with E-state index in [1.807, 2.05) is 66.7 Å². The number of rotatable bonds is 5. The first kappa shape index (κ1) is 35.7. The van der Waals surface area contributed by atoms with Crippen molar-refractivity contribution >= 4 is 31.8 Å². The molecule has 40 heavy (non-hydrogen) atoms. The van der Waals surface area contributed by atoms with E-state index in [0.717, 1.165) is 38.5 Å². The second kappa shape index (κ2) is 17.4. The molecule has 0 aromatic heterocycles. The maximum absolute atomic E-state index is 11.4. The van der Waals surface area contributed by atoms with Gasteiger partial charge in [-0.15, -0.1) is 0 Å². The van der Waals surface area contributed by atoms with Crippen molar-refractivity contribution in [2.75, 3.05) is 34.2 Å². The van der Waals surface area contributed by atoms with E-state index in [4.69, 9.17) is 9.47 Å². The number of phenols is 1. The molecule has 0 aliphatic heterocycles. The van der Waals surface area contributed by atoms with Gasteiger partial charge in [0.1, 0.15) is 23.8 Å².